The van der Waals surface area contributed by atoms with Gasteiger partial charge in [-0.05, 0) is 11.6 Å². The number of aromatic hydroxyl groups is 2. The average Bonchev–Trinajstić information content (AvgIpc) is 2.32. The molecule has 96 valence electrons. The van der Waals surface area contributed by atoms with Crippen LogP contribution in [0.5, 0.6) is 11.5 Å². The number of nitrogens with one attached hydrogen (secondary N) is 1. The van der Waals surface area contributed by atoms with E-state index in [4.69, 9.17) is 0 Å². The van der Waals surface area contributed by atoms with E-state index in [9.17, 15) is 25.1 Å². The molecular formula is C10H10N2O6. The number of rotatable bonds is 2. The lowest BCUT2D eigenvalue weighted by Crippen LogP contribution is -2.35. The molecule has 1 aromatic carbocycles. The molecule has 1 aliphatic rings. The van der Waals surface area contributed by atoms with Crippen molar-refractivity contribution in [1.82, 2.24) is 5.32 Å². The van der Waals surface area contributed by atoms with E-state index < -0.39 is 34.2 Å². The summed E-state index contributed by atoms with van der Waals surface area (Å²) in [5.74, 6) is -1.39. The van der Waals surface area contributed by atoms with Crippen molar-refractivity contribution in [3.8, 4) is 11.5 Å². The molecule has 1 atom stereocenters. The predicted molar refractivity (Wildman–Crippen MR) is 58.3 cm³/mol. The molecule has 0 bridgehead atoms. The highest BCUT2D eigenvalue weighted by molar-refractivity contribution is 5.69. The van der Waals surface area contributed by atoms with E-state index in [2.05, 4.69) is 10.1 Å². The van der Waals surface area contributed by atoms with Gasteiger partial charge in [0.2, 0.25) is 5.75 Å². The summed E-state index contributed by atoms with van der Waals surface area (Å²) in [6, 6.07) is 1.81. The Morgan fingerprint density at radius 1 is 1.44 bits per heavy atom. The van der Waals surface area contributed by atoms with Crippen molar-refractivity contribution in [2.45, 2.75) is 12.5 Å². The number of hydrogen-bond donors (Lipinski definition) is 3. The van der Waals surface area contributed by atoms with Crippen molar-refractivity contribution in [3.05, 3.63) is 27.8 Å². The Morgan fingerprint density at radius 3 is 2.78 bits per heavy atom. The van der Waals surface area contributed by atoms with E-state index in [0.717, 1.165) is 6.07 Å². The molecule has 1 fully saturated rings. The van der Waals surface area contributed by atoms with Crippen molar-refractivity contribution in [2.75, 3.05) is 6.61 Å². The van der Waals surface area contributed by atoms with Gasteiger partial charge in [0.25, 0.3) is 0 Å². The first-order valence-corrected chi connectivity index (χ1v) is 5.12. The molecule has 0 aliphatic carbocycles. The fourth-order valence-corrected chi connectivity index (χ4v) is 1.74. The van der Waals surface area contributed by atoms with Crippen LogP contribution in [-0.4, -0.2) is 27.8 Å². The average molecular weight is 254 g/mol. The number of nitro benzene ring substituents is 1. The quantitative estimate of drug-likeness (QED) is 0.413. The monoisotopic (exact) mass is 254 g/mol. The summed E-state index contributed by atoms with van der Waals surface area (Å²) in [6.45, 7) is 0.186. The number of phenolic OH excluding ortho intramolecular Hbond substituents is 2. The molecule has 1 amide bonds. The van der Waals surface area contributed by atoms with Gasteiger partial charge in [0, 0.05) is 12.5 Å². The maximum absolute atomic E-state index is 11.0. The molecule has 0 saturated carbocycles. The molecule has 1 saturated heterocycles. The molecule has 2 rings (SSSR count). The van der Waals surface area contributed by atoms with Gasteiger partial charge >= 0.3 is 11.8 Å². The van der Waals surface area contributed by atoms with E-state index in [1.807, 2.05) is 0 Å². The normalized spacial score (nSPS) is 18.9. The Hall–Kier alpha value is -2.51. The third-order valence-corrected chi connectivity index (χ3v) is 2.62. The van der Waals surface area contributed by atoms with Crippen LogP contribution in [0.2, 0.25) is 0 Å². The fourth-order valence-electron chi connectivity index (χ4n) is 1.74. The molecule has 1 aliphatic heterocycles. The lowest BCUT2D eigenvalue weighted by Gasteiger charge is -2.23. The molecule has 1 heterocycles. The summed E-state index contributed by atoms with van der Waals surface area (Å²) < 4.78 is 4.67. The van der Waals surface area contributed by atoms with Gasteiger partial charge in [-0.2, -0.15) is 0 Å². The number of amides is 1. The van der Waals surface area contributed by atoms with Crippen LogP contribution in [0.25, 0.3) is 0 Å². The Morgan fingerprint density at radius 2 is 2.17 bits per heavy atom. The van der Waals surface area contributed by atoms with E-state index in [1.165, 1.54) is 6.07 Å². The molecular weight excluding hydrogens is 244 g/mol. The SMILES string of the molecule is O=C1N[C@@H](c2cc(O)c(O)c([N+](=O)[O-])c2)CCO1. The zero-order valence-corrected chi connectivity index (χ0v) is 9.12. The van der Waals surface area contributed by atoms with Gasteiger partial charge < -0.3 is 20.3 Å². The van der Waals surface area contributed by atoms with Gasteiger partial charge in [0.05, 0.1) is 17.6 Å². The number of nitro groups is 1. The number of phenols is 2. The number of carbonyl (C=O) groups is 1. The Labute approximate surface area is 101 Å². The van der Waals surface area contributed by atoms with Crippen molar-refractivity contribution >= 4 is 11.8 Å². The van der Waals surface area contributed by atoms with Crippen LogP contribution in [0, 0.1) is 10.1 Å². The summed E-state index contributed by atoms with van der Waals surface area (Å²) in [5, 5.41) is 31.9. The second kappa shape index (κ2) is 4.40. The van der Waals surface area contributed by atoms with Crippen LogP contribution >= 0.6 is 0 Å². The van der Waals surface area contributed by atoms with Crippen molar-refractivity contribution in [3.63, 3.8) is 0 Å². The molecule has 0 spiro atoms. The van der Waals surface area contributed by atoms with Crippen molar-refractivity contribution < 1.29 is 24.7 Å². The highest BCUT2D eigenvalue weighted by Gasteiger charge is 2.26. The summed E-state index contributed by atoms with van der Waals surface area (Å²) in [4.78, 5) is 20.9. The first kappa shape index (κ1) is 12.0. The zero-order valence-electron chi connectivity index (χ0n) is 9.12. The van der Waals surface area contributed by atoms with E-state index >= 15 is 0 Å². The molecule has 1 aromatic rings. The second-order valence-electron chi connectivity index (χ2n) is 3.79. The molecule has 0 unspecified atom stereocenters. The van der Waals surface area contributed by atoms with Crippen LogP contribution in [0.1, 0.15) is 18.0 Å². The minimum atomic E-state index is -0.806. The Balaban J connectivity index is 2.39. The Kier molecular flexibility index (Phi) is 2.92. The summed E-state index contributed by atoms with van der Waals surface area (Å²) in [5.41, 5.74) is -0.264. The van der Waals surface area contributed by atoms with Gasteiger partial charge in [0.1, 0.15) is 0 Å². The minimum Gasteiger partial charge on any atom is -0.504 e. The first-order chi connectivity index (χ1) is 8.49. The molecule has 8 nitrogen and oxygen atoms in total. The number of carbonyl (C=O) groups excluding carboxylic acids is 1. The van der Waals surface area contributed by atoms with E-state index in [1.54, 1.807) is 0 Å². The maximum Gasteiger partial charge on any atom is 0.407 e. The lowest BCUT2D eigenvalue weighted by atomic mass is 10.0. The second-order valence-corrected chi connectivity index (χ2v) is 3.79. The molecule has 0 radical (unpaired) electrons. The molecule has 8 heteroatoms. The van der Waals surface area contributed by atoms with Crippen LogP contribution in [-0.2, 0) is 4.74 Å². The minimum absolute atomic E-state index is 0.186. The molecule has 18 heavy (non-hydrogen) atoms. The standard InChI is InChI=1S/C10H10N2O6/c13-8-4-5(3-7(9(8)14)12(16)17)6-1-2-18-10(15)11-6/h3-4,6,13-14H,1-2H2,(H,11,15)/t6-/m1/s1. The smallest absolute Gasteiger partial charge is 0.407 e. The molecule has 0 aromatic heterocycles. The molecule has 3 N–H and O–H groups in total. The number of alkyl carbamates (subject to hydrolysis) is 1. The van der Waals surface area contributed by atoms with Gasteiger partial charge in [-0.1, -0.05) is 0 Å². The highest BCUT2D eigenvalue weighted by atomic mass is 16.6. The zero-order chi connectivity index (χ0) is 13.3. The van der Waals surface area contributed by atoms with E-state index in [-0.39, 0.29) is 6.61 Å². The number of cyclic esters (lactones) is 1. The number of benzene rings is 1. The summed E-state index contributed by atoms with van der Waals surface area (Å²) >= 11 is 0. The van der Waals surface area contributed by atoms with Crippen LogP contribution in [0.15, 0.2) is 12.1 Å². The largest absolute Gasteiger partial charge is 0.504 e. The van der Waals surface area contributed by atoms with Crippen LogP contribution in [0.3, 0.4) is 0 Å². The number of hydrogen-bond acceptors (Lipinski definition) is 6. The van der Waals surface area contributed by atoms with Gasteiger partial charge in [-0.25, -0.2) is 4.79 Å². The van der Waals surface area contributed by atoms with Crippen molar-refractivity contribution in [1.29, 1.82) is 0 Å². The number of nitrogens with zero attached hydrogens (tertiary/aromatic N) is 1. The van der Waals surface area contributed by atoms with Gasteiger partial charge in [0.15, 0.2) is 5.75 Å². The fraction of sp³-hybridized carbons (Fsp3) is 0.300. The van der Waals surface area contributed by atoms with Gasteiger partial charge in [-0.3, -0.25) is 10.1 Å². The Bertz CT molecular complexity index is 515. The summed E-state index contributed by atoms with van der Waals surface area (Å²) in [6.07, 6.45) is -0.200. The summed E-state index contributed by atoms with van der Waals surface area (Å²) in [7, 11) is 0. The van der Waals surface area contributed by atoms with Crippen LogP contribution in [0.4, 0.5) is 10.5 Å². The van der Waals surface area contributed by atoms with Gasteiger partial charge in [-0.15, -0.1) is 0 Å². The topological polar surface area (TPSA) is 122 Å². The van der Waals surface area contributed by atoms with E-state index in [0.29, 0.717) is 12.0 Å². The first-order valence-electron chi connectivity index (χ1n) is 5.12. The highest BCUT2D eigenvalue weighted by Crippen LogP contribution is 2.38. The van der Waals surface area contributed by atoms with Crippen molar-refractivity contribution in [2.24, 2.45) is 0 Å². The maximum atomic E-state index is 11.0. The number of ether oxygens (including phenoxy) is 1. The lowest BCUT2D eigenvalue weighted by molar-refractivity contribution is -0.386. The third-order valence-electron chi connectivity index (χ3n) is 2.62. The third kappa shape index (κ3) is 2.12. The van der Waals surface area contributed by atoms with Crippen LogP contribution < -0.4 is 5.32 Å². The predicted octanol–water partition coefficient (Wildman–Crippen LogP) is 1.18.